The molecule has 5 heteroatoms. The summed E-state index contributed by atoms with van der Waals surface area (Å²) >= 11 is 0. The van der Waals surface area contributed by atoms with Crippen molar-refractivity contribution in [2.75, 3.05) is 21.1 Å². The molecular formula is C24H48N3O2+. The van der Waals surface area contributed by atoms with Crippen LogP contribution in [0.25, 0.3) is 0 Å². The molecule has 0 aromatic rings. The number of quaternary nitrogens is 1. The zero-order valence-corrected chi connectivity index (χ0v) is 19.9. The summed E-state index contributed by atoms with van der Waals surface area (Å²) in [6.07, 6.45) is 16.0. The van der Waals surface area contributed by atoms with Gasteiger partial charge in [-0.15, -0.1) is 0 Å². The number of nitrogens with one attached hydrogen (secondary N) is 2. The lowest BCUT2D eigenvalue weighted by atomic mass is 9.91. The topological polar surface area (TPSA) is 58.2 Å². The number of amides is 2. The molecule has 0 aliphatic carbocycles. The van der Waals surface area contributed by atoms with Crippen LogP contribution in [-0.4, -0.2) is 49.6 Å². The second-order valence-corrected chi connectivity index (χ2v) is 10.0. The number of carbonyl (C=O) groups is 2. The average Bonchev–Trinajstić information content (AvgIpc) is 2.66. The van der Waals surface area contributed by atoms with Crippen LogP contribution in [0.4, 0.5) is 0 Å². The number of unbranched alkanes of at least 4 members (excludes halogenated alkanes) is 8. The van der Waals surface area contributed by atoms with Gasteiger partial charge in [0.15, 0.2) is 6.17 Å². The van der Waals surface area contributed by atoms with Crippen molar-refractivity contribution in [2.24, 2.45) is 5.92 Å². The van der Waals surface area contributed by atoms with E-state index in [1.165, 1.54) is 57.8 Å². The Labute approximate surface area is 180 Å². The summed E-state index contributed by atoms with van der Waals surface area (Å²) in [5, 5.41) is 6.28. The molecule has 0 bridgehead atoms. The van der Waals surface area contributed by atoms with Crippen molar-refractivity contribution in [2.45, 2.75) is 116 Å². The summed E-state index contributed by atoms with van der Waals surface area (Å²) in [7, 11) is 6.17. The third-order valence-electron chi connectivity index (χ3n) is 6.28. The van der Waals surface area contributed by atoms with Crippen molar-refractivity contribution in [1.82, 2.24) is 10.6 Å². The number of rotatable bonds is 11. The van der Waals surface area contributed by atoms with E-state index in [1.54, 1.807) is 0 Å². The molecular weight excluding hydrogens is 362 g/mol. The van der Waals surface area contributed by atoms with Gasteiger partial charge in [0.1, 0.15) is 0 Å². The Morgan fingerprint density at radius 2 is 1.28 bits per heavy atom. The largest absolute Gasteiger partial charge is 0.346 e. The summed E-state index contributed by atoms with van der Waals surface area (Å²) in [6.45, 7) is 4.25. The molecule has 0 aromatic carbocycles. The van der Waals surface area contributed by atoms with Gasteiger partial charge in [-0.1, -0.05) is 71.1 Å². The minimum Gasteiger partial charge on any atom is -0.346 e. The van der Waals surface area contributed by atoms with Gasteiger partial charge in [0, 0.05) is 12.8 Å². The van der Waals surface area contributed by atoms with Crippen LogP contribution in [0.1, 0.15) is 104 Å². The van der Waals surface area contributed by atoms with Gasteiger partial charge < -0.3 is 15.1 Å². The molecule has 1 aliphatic rings. The van der Waals surface area contributed by atoms with Crippen LogP contribution in [0.15, 0.2) is 0 Å². The van der Waals surface area contributed by atoms with Gasteiger partial charge in [0.2, 0.25) is 11.8 Å². The van der Waals surface area contributed by atoms with E-state index in [0.717, 1.165) is 19.3 Å². The van der Waals surface area contributed by atoms with E-state index in [-0.39, 0.29) is 24.0 Å². The van der Waals surface area contributed by atoms with Gasteiger partial charge in [0.25, 0.3) is 0 Å². The van der Waals surface area contributed by atoms with Gasteiger partial charge in [-0.3, -0.25) is 9.59 Å². The fraction of sp³-hybridized carbons (Fsp3) is 0.917. The minimum absolute atomic E-state index is 0.0830. The third kappa shape index (κ3) is 11.6. The number of hydrogen-bond acceptors (Lipinski definition) is 2. The maximum absolute atomic E-state index is 12.5. The minimum atomic E-state index is -0.111. The molecule has 1 rings (SSSR count). The Morgan fingerprint density at radius 3 is 1.79 bits per heavy atom. The van der Waals surface area contributed by atoms with Crippen molar-refractivity contribution < 1.29 is 14.1 Å². The van der Waals surface area contributed by atoms with Crippen LogP contribution in [-0.2, 0) is 9.59 Å². The average molecular weight is 411 g/mol. The normalized spacial score (nSPS) is 24.5. The summed E-state index contributed by atoms with van der Waals surface area (Å²) in [5.74, 6) is 0.708. The van der Waals surface area contributed by atoms with Crippen LogP contribution in [0.3, 0.4) is 0 Å². The van der Waals surface area contributed by atoms with E-state index >= 15 is 0 Å². The maximum Gasteiger partial charge on any atom is 0.224 e. The van der Waals surface area contributed by atoms with Crippen LogP contribution in [0.5, 0.6) is 0 Å². The monoisotopic (exact) mass is 410 g/mol. The standard InChI is InChI=1S/C24H47N3O2/c1-6-7-8-9-10-11-12-13-14-15-21-16-18-22(28)25-20(2)24(27(3,4)5)26-23(29)19-17-21/h20-21,24H,6-19H2,1-5H3,(H-,25,26,28,29)/p+1. The van der Waals surface area contributed by atoms with Crippen molar-refractivity contribution in [3.05, 3.63) is 0 Å². The van der Waals surface area contributed by atoms with Crippen LogP contribution < -0.4 is 10.6 Å². The van der Waals surface area contributed by atoms with E-state index in [9.17, 15) is 9.59 Å². The zero-order chi connectivity index (χ0) is 21.7. The highest BCUT2D eigenvalue weighted by Gasteiger charge is 2.33. The summed E-state index contributed by atoms with van der Waals surface area (Å²) in [4.78, 5) is 24.9. The summed E-state index contributed by atoms with van der Waals surface area (Å²) in [5.41, 5.74) is 0. The van der Waals surface area contributed by atoms with E-state index in [1.807, 2.05) is 6.92 Å². The highest BCUT2D eigenvalue weighted by Crippen LogP contribution is 2.23. The lowest BCUT2D eigenvalue weighted by molar-refractivity contribution is -0.899. The maximum atomic E-state index is 12.5. The summed E-state index contributed by atoms with van der Waals surface area (Å²) in [6, 6.07) is -0.0830. The van der Waals surface area contributed by atoms with Crippen molar-refractivity contribution in [3.63, 3.8) is 0 Å². The first-order valence-corrected chi connectivity index (χ1v) is 12.1. The zero-order valence-electron chi connectivity index (χ0n) is 19.9. The fourth-order valence-corrected chi connectivity index (χ4v) is 4.48. The Bertz CT molecular complexity index is 473. The lowest BCUT2D eigenvalue weighted by Gasteiger charge is -2.38. The summed E-state index contributed by atoms with van der Waals surface area (Å²) < 4.78 is 0.592. The Hall–Kier alpha value is -1.10. The molecule has 0 saturated carbocycles. The predicted molar refractivity (Wildman–Crippen MR) is 121 cm³/mol. The first-order valence-electron chi connectivity index (χ1n) is 12.1. The first kappa shape index (κ1) is 25.9. The molecule has 2 N–H and O–H groups in total. The second kappa shape index (κ2) is 14.0. The van der Waals surface area contributed by atoms with E-state index < -0.39 is 0 Å². The molecule has 29 heavy (non-hydrogen) atoms. The van der Waals surface area contributed by atoms with Crippen LogP contribution >= 0.6 is 0 Å². The van der Waals surface area contributed by atoms with Crippen molar-refractivity contribution >= 4 is 11.8 Å². The van der Waals surface area contributed by atoms with Crippen molar-refractivity contribution in [3.8, 4) is 0 Å². The smallest absolute Gasteiger partial charge is 0.224 e. The Balaban J connectivity index is 2.41. The Kier molecular flexibility index (Phi) is 12.5. The van der Waals surface area contributed by atoms with E-state index in [0.29, 0.717) is 23.2 Å². The van der Waals surface area contributed by atoms with E-state index in [4.69, 9.17) is 0 Å². The van der Waals surface area contributed by atoms with Crippen LogP contribution in [0.2, 0.25) is 0 Å². The van der Waals surface area contributed by atoms with Gasteiger partial charge in [-0.05, 0) is 25.7 Å². The van der Waals surface area contributed by atoms with Crippen molar-refractivity contribution in [1.29, 1.82) is 0 Å². The van der Waals surface area contributed by atoms with Gasteiger partial charge in [-0.2, -0.15) is 0 Å². The molecule has 1 saturated heterocycles. The van der Waals surface area contributed by atoms with Gasteiger partial charge >= 0.3 is 0 Å². The quantitative estimate of drug-likeness (QED) is 0.381. The SMILES string of the molecule is CCCCCCCCCCCC1CCC(=O)NC(C)C([N+](C)(C)C)NC(=O)CC1. The molecule has 1 heterocycles. The third-order valence-corrected chi connectivity index (χ3v) is 6.28. The molecule has 0 aromatic heterocycles. The van der Waals surface area contributed by atoms with E-state index in [2.05, 4.69) is 38.7 Å². The molecule has 3 unspecified atom stereocenters. The highest BCUT2D eigenvalue weighted by atomic mass is 16.2. The second-order valence-electron chi connectivity index (χ2n) is 10.0. The highest BCUT2D eigenvalue weighted by molar-refractivity contribution is 5.78. The number of likely N-dealkylation sites (N-methyl/N-ethyl adjacent to an activating group) is 1. The van der Waals surface area contributed by atoms with Crippen LogP contribution in [0, 0.1) is 5.92 Å². The predicted octanol–water partition coefficient (Wildman–Crippen LogP) is 4.75. The first-order chi connectivity index (χ1) is 13.7. The molecule has 170 valence electrons. The van der Waals surface area contributed by atoms with Gasteiger partial charge in [0.05, 0.1) is 27.2 Å². The number of hydrogen-bond donors (Lipinski definition) is 2. The molecule has 1 aliphatic heterocycles. The molecule has 0 spiro atoms. The molecule has 0 radical (unpaired) electrons. The number of nitrogens with zero attached hydrogens (tertiary/aromatic N) is 1. The molecule has 3 atom stereocenters. The molecule has 5 nitrogen and oxygen atoms in total. The van der Waals surface area contributed by atoms with Gasteiger partial charge in [-0.25, -0.2) is 0 Å². The molecule has 2 amide bonds. The Morgan fingerprint density at radius 1 is 0.793 bits per heavy atom. The fourth-order valence-electron chi connectivity index (χ4n) is 4.48. The molecule has 1 fully saturated rings. The lowest BCUT2D eigenvalue weighted by Crippen LogP contribution is -2.63. The number of carbonyl (C=O) groups excluding carboxylic acids is 2.